The van der Waals surface area contributed by atoms with Crippen molar-refractivity contribution < 1.29 is 0 Å². The van der Waals surface area contributed by atoms with Crippen molar-refractivity contribution in [1.29, 1.82) is 0 Å². The molecule has 0 nitrogen and oxygen atoms in total. The van der Waals surface area contributed by atoms with Crippen LogP contribution in [-0.2, 0) is 0 Å². The van der Waals surface area contributed by atoms with E-state index in [9.17, 15) is 0 Å². The number of hydrogen-bond acceptors (Lipinski definition) is 0. The molecule has 0 aliphatic heterocycles. The van der Waals surface area contributed by atoms with E-state index < -0.39 is 0 Å². The van der Waals surface area contributed by atoms with Gasteiger partial charge in [0, 0.05) is 0 Å². The minimum atomic E-state index is 1.07. The maximum atomic E-state index is 3.72. The lowest BCUT2D eigenvalue weighted by Gasteiger charge is -1.87. The highest BCUT2D eigenvalue weighted by Crippen LogP contribution is 1.97. The lowest BCUT2D eigenvalue weighted by atomic mass is 10.2. The summed E-state index contributed by atoms with van der Waals surface area (Å²) in [6.07, 6.45) is 5.06. The summed E-state index contributed by atoms with van der Waals surface area (Å²) in [4.78, 5) is 0. The average molecular weight is 152 g/mol. The van der Waals surface area contributed by atoms with E-state index in [1.807, 2.05) is 26.0 Å². The molecule has 0 atom stereocenters. The fraction of sp³-hybridized carbons (Fsp3) is 0.455. The minimum absolute atomic E-state index is 1.07. The van der Waals surface area contributed by atoms with Crippen LogP contribution in [0.15, 0.2) is 36.5 Å². The zero-order valence-electron chi connectivity index (χ0n) is 8.28. The smallest absolute Gasteiger partial charge is 0.0398 e. The molecule has 0 bridgehead atoms. The molecule has 0 fully saturated rings. The fourth-order valence-electron chi connectivity index (χ4n) is 0.448. The molecule has 0 amide bonds. The summed E-state index contributed by atoms with van der Waals surface area (Å²) in [6.45, 7) is 15.5. The first-order valence-electron chi connectivity index (χ1n) is 4.04. The lowest BCUT2D eigenvalue weighted by molar-refractivity contribution is 1.09. The highest BCUT2D eigenvalue weighted by Gasteiger charge is 1.76. The molecule has 0 aromatic rings. The van der Waals surface area contributed by atoms with Gasteiger partial charge in [-0.3, -0.25) is 0 Å². The maximum Gasteiger partial charge on any atom is -0.0398 e. The molecule has 64 valence electrons. The molecular weight excluding hydrogens is 132 g/mol. The van der Waals surface area contributed by atoms with Crippen molar-refractivity contribution in [3.05, 3.63) is 36.5 Å². The van der Waals surface area contributed by atoms with Crippen LogP contribution in [0.25, 0.3) is 0 Å². The first kappa shape index (κ1) is 12.9. The topological polar surface area (TPSA) is 0 Å². The third-order valence-electron chi connectivity index (χ3n) is 0.796. The normalized spacial score (nSPS) is 9.64. The van der Waals surface area contributed by atoms with Crippen LogP contribution >= 0.6 is 0 Å². The monoisotopic (exact) mass is 152 g/mol. The molecule has 0 rings (SSSR count). The predicted octanol–water partition coefficient (Wildman–Crippen LogP) is 4.11. The molecule has 0 radical (unpaired) electrons. The van der Waals surface area contributed by atoms with Crippen molar-refractivity contribution in [2.75, 3.05) is 0 Å². The van der Waals surface area contributed by atoms with Gasteiger partial charge in [0.05, 0.1) is 0 Å². The first-order valence-corrected chi connectivity index (χ1v) is 4.04. The molecule has 0 unspecified atom stereocenters. The van der Waals surface area contributed by atoms with E-state index in [0.717, 1.165) is 11.1 Å². The molecule has 0 heterocycles. The van der Waals surface area contributed by atoms with Gasteiger partial charge in [-0.15, -0.1) is 0 Å². The average Bonchev–Trinajstić information content (AvgIpc) is 1.88. The standard InChI is InChI=1S/C8H12.C3H8/c1-5-8(4)6-7(2)3;1-3-2/h5-6H,1-2H2,3-4H3;3H2,1-2H3/b8-6-;. The van der Waals surface area contributed by atoms with Gasteiger partial charge in [-0.1, -0.05) is 56.7 Å². The van der Waals surface area contributed by atoms with Gasteiger partial charge in [0.1, 0.15) is 0 Å². The van der Waals surface area contributed by atoms with Gasteiger partial charge >= 0.3 is 0 Å². The van der Waals surface area contributed by atoms with E-state index in [1.165, 1.54) is 6.42 Å². The second-order valence-corrected chi connectivity index (χ2v) is 2.65. The molecule has 0 aromatic heterocycles. The van der Waals surface area contributed by atoms with Gasteiger partial charge in [-0.05, 0) is 13.8 Å². The van der Waals surface area contributed by atoms with Crippen molar-refractivity contribution in [2.24, 2.45) is 0 Å². The summed E-state index contributed by atoms with van der Waals surface area (Å²) in [6, 6.07) is 0. The Morgan fingerprint density at radius 2 is 1.64 bits per heavy atom. The lowest BCUT2D eigenvalue weighted by Crippen LogP contribution is -1.66. The summed E-state index contributed by atoms with van der Waals surface area (Å²) in [5, 5.41) is 0. The van der Waals surface area contributed by atoms with Crippen molar-refractivity contribution in [3.63, 3.8) is 0 Å². The number of hydrogen-bond donors (Lipinski definition) is 0. The van der Waals surface area contributed by atoms with Gasteiger partial charge in [-0.25, -0.2) is 0 Å². The Balaban J connectivity index is 0. The van der Waals surface area contributed by atoms with Crippen LogP contribution in [0.3, 0.4) is 0 Å². The second-order valence-electron chi connectivity index (χ2n) is 2.65. The molecule has 11 heavy (non-hydrogen) atoms. The Kier molecular flexibility index (Phi) is 10.8. The molecule has 0 aliphatic carbocycles. The zero-order chi connectivity index (χ0) is 9.28. The molecule has 0 saturated carbocycles. The van der Waals surface area contributed by atoms with Crippen LogP contribution in [0.5, 0.6) is 0 Å². The van der Waals surface area contributed by atoms with Gasteiger partial charge in [0.2, 0.25) is 0 Å². The summed E-state index contributed by atoms with van der Waals surface area (Å²) in [5.74, 6) is 0. The molecule has 0 aromatic carbocycles. The van der Waals surface area contributed by atoms with E-state index in [2.05, 4.69) is 27.0 Å². The summed E-state index contributed by atoms with van der Waals surface area (Å²) in [7, 11) is 0. The molecule has 0 saturated heterocycles. The Morgan fingerprint density at radius 1 is 1.27 bits per heavy atom. The highest BCUT2D eigenvalue weighted by molar-refractivity contribution is 5.23. The van der Waals surface area contributed by atoms with E-state index in [0.29, 0.717) is 0 Å². The van der Waals surface area contributed by atoms with Crippen LogP contribution in [-0.4, -0.2) is 0 Å². The molecule has 0 N–H and O–H groups in total. The van der Waals surface area contributed by atoms with Crippen molar-refractivity contribution in [1.82, 2.24) is 0 Å². The maximum absolute atomic E-state index is 3.72. The highest BCUT2D eigenvalue weighted by atomic mass is 13.8. The Hall–Kier alpha value is -0.780. The van der Waals surface area contributed by atoms with Gasteiger partial charge in [-0.2, -0.15) is 0 Å². The Bertz CT molecular complexity index is 138. The largest absolute Gasteiger partial charge is 0.0988 e. The van der Waals surface area contributed by atoms with Crippen LogP contribution in [0.4, 0.5) is 0 Å². The van der Waals surface area contributed by atoms with Crippen LogP contribution in [0.2, 0.25) is 0 Å². The van der Waals surface area contributed by atoms with E-state index in [4.69, 9.17) is 0 Å². The van der Waals surface area contributed by atoms with Gasteiger partial charge in [0.15, 0.2) is 0 Å². The second kappa shape index (κ2) is 9.22. The fourth-order valence-corrected chi connectivity index (χ4v) is 0.448. The van der Waals surface area contributed by atoms with Crippen molar-refractivity contribution in [2.45, 2.75) is 34.1 Å². The van der Waals surface area contributed by atoms with Gasteiger partial charge < -0.3 is 0 Å². The predicted molar refractivity (Wildman–Crippen MR) is 54.7 cm³/mol. The van der Waals surface area contributed by atoms with E-state index >= 15 is 0 Å². The van der Waals surface area contributed by atoms with Crippen molar-refractivity contribution >= 4 is 0 Å². The van der Waals surface area contributed by atoms with Crippen LogP contribution in [0.1, 0.15) is 34.1 Å². The molecule has 0 aliphatic rings. The van der Waals surface area contributed by atoms with Crippen LogP contribution in [0, 0.1) is 0 Å². The Labute approximate surface area is 71.3 Å². The summed E-state index contributed by atoms with van der Waals surface area (Å²) >= 11 is 0. The third-order valence-corrected chi connectivity index (χ3v) is 0.796. The van der Waals surface area contributed by atoms with E-state index in [1.54, 1.807) is 0 Å². The first-order chi connectivity index (χ1) is 5.08. The van der Waals surface area contributed by atoms with Gasteiger partial charge in [0.25, 0.3) is 0 Å². The van der Waals surface area contributed by atoms with Crippen molar-refractivity contribution in [3.8, 4) is 0 Å². The van der Waals surface area contributed by atoms with E-state index in [-0.39, 0.29) is 0 Å². The zero-order valence-corrected chi connectivity index (χ0v) is 8.28. The Morgan fingerprint density at radius 3 is 1.73 bits per heavy atom. The molecular formula is C11H20. The third kappa shape index (κ3) is 17.6. The SMILES string of the molecule is C=C/C(C)=C\C(=C)C.CCC. The molecule has 0 spiro atoms. The summed E-state index contributed by atoms with van der Waals surface area (Å²) < 4.78 is 0. The minimum Gasteiger partial charge on any atom is -0.0988 e. The molecule has 0 heteroatoms. The quantitative estimate of drug-likeness (QED) is 0.522. The number of allylic oxidation sites excluding steroid dienone is 4. The summed E-state index contributed by atoms with van der Waals surface area (Å²) in [5.41, 5.74) is 2.24. The number of rotatable bonds is 2. The van der Waals surface area contributed by atoms with Crippen LogP contribution < -0.4 is 0 Å².